The quantitative estimate of drug-likeness (QED) is 0.741. The van der Waals surface area contributed by atoms with Crippen molar-refractivity contribution >= 4 is 0 Å². The molecule has 0 aliphatic rings. The van der Waals surface area contributed by atoms with E-state index in [1.165, 1.54) is 7.11 Å². The van der Waals surface area contributed by atoms with Gasteiger partial charge in [0.25, 0.3) is 0 Å². The van der Waals surface area contributed by atoms with Crippen LogP contribution in [0.1, 0.15) is 39.2 Å². The number of alkyl halides is 2. The van der Waals surface area contributed by atoms with E-state index in [4.69, 9.17) is 4.74 Å². The number of ether oxygens (including phenoxy) is 2. The zero-order valence-electron chi connectivity index (χ0n) is 13.2. The first-order valence-corrected chi connectivity index (χ1v) is 7.37. The first-order valence-electron chi connectivity index (χ1n) is 7.37. The van der Waals surface area contributed by atoms with Crippen molar-refractivity contribution in [2.45, 2.75) is 52.8 Å². The van der Waals surface area contributed by atoms with Crippen molar-refractivity contribution in [2.24, 2.45) is 5.92 Å². The lowest BCUT2D eigenvalue weighted by Crippen LogP contribution is -2.32. The van der Waals surface area contributed by atoms with Gasteiger partial charge in [0, 0.05) is 18.2 Å². The third-order valence-corrected chi connectivity index (χ3v) is 3.86. The molecule has 0 aliphatic heterocycles. The zero-order valence-corrected chi connectivity index (χ0v) is 13.2. The SMILES string of the molecule is CCC(CC)C(C)NCc1cccc(OC)c1OC(F)F. The standard InChI is InChI=1S/C16H25F2NO2/c1-5-12(6-2)11(3)19-10-13-8-7-9-14(20-4)15(13)21-16(17)18/h7-9,11-12,16,19H,5-6,10H2,1-4H3. The van der Waals surface area contributed by atoms with Gasteiger partial charge in [-0.1, -0.05) is 38.8 Å². The molecular formula is C16H25F2NO2. The van der Waals surface area contributed by atoms with E-state index in [-0.39, 0.29) is 5.75 Å². The predicted octanol–water partition coefficient (Wildman–Crippen LogP) is 4.21. The van der Waals surface area contributed by atoms with E-state index < -0.39 is 6.61 Å². The van der Waals surface area contributed by atoms with Gasteiger partial charge in [0.1, 0.15) is 0 Å². The highest BCUT2D eigenvalue weighted by Gasteiger charge is 2.17. The van der Waals surface area contributed by atoms with Crippen LogP contribution >= 0.6 is 0 Å². The third kappa shape index (κ3) is 5.16. The van der Waals surface area contributed by atoms with Crippen LogP contribution < -0.4 is 14.8 Å². The second-order valence-electron chi connectivity index (χ2n) is 5.07. The van der Waals surface area contributed by atoms with Gasteiger partial charge >= 0.3 is 6.61 Å². The number of para-hydroxylation sites is 1. The lowest BCUT2D eigenvalue weighted by molar-refractivity contribution is -0.0519. The Labute approximate surface area is 125 Å². The van der Waals surface area contributed by atoms with E-state index in [0.29, 0.717) is 29.8 Å². The fraction of sp³-hybridized carbons (Fsp3) is 0.625. The van der Waals surface area contributed by atoms with Crippen molar-refractivity contribution in [3.05, 3.63) is 23.8 Å². The Morgan fingerprint density at radius 2 is 1.86 bits per heavy atom. The summed E-state index contributed by atoms with van der Waals surface area (Å²) in [5.74, 6) is 0.999. The van der Waals surface area contributed by atoms with Gasteiger partial charge in [-0.15, -0.1) is 0 Å². The number of hydrogen-bond donors (Lipinski definition) is 1. The van der Waals surface area contributed by atoms with Gasteiger partial charge in [0.15, 0.2) is 11.5 Å². The van der Waals surface area contributed by atoms with Gasteiger partial charge in [0.05, 0.1) is 7.11 Å². The van der Waals surface area contributed by atoms with Crippen LogP contribution in [-0.2, 0) is 6.54 Å². The van der Waals surface area contributed by atoms with E-state index in [9.17, 15) is 8.78 Å². The Balaban J connectivity index is 2.82. The lowest BCUT2D eigenvalue weighted by atomic mass is 9.95. The molecule has 1 atom stereocenters. The second kappa shape index (κ2) is 8.82. The number of hydrogen-bond acceptors (Lipinski definition) is 3. The minimum atomic E-state index is -2.86. The van der Waals surface area contributed by atoms with Crippen LogP contribution in [-0.4, -0.2) is 19.8 Å². The minimum absolute atomic E-state index is 0.110. The highest BCUT2D eigenvalue weighted by molar-refractivity contribution is 5.46. The highest BCUT2D eigenvalue weighted by atomic mass is 19.3. The third-order valence-electron chi connectivity index (χ3n) is 3.86. The monoisotopic (exact) mass is 301 g/mol. The van der Waals surface area contributed by atoms with Crippen LogP contribution in [0.4, 0.5) is 8.78 Å². The van der Waals surface area contributed by atoms with Crippen LogP contribution in [0.25, 0.3) is 0 Å². The normalized spacial score (nSPS) is 12.8. The van der Waals surface area contributed by atoms with E-state index in [1.807, 2.05) is 0 Å². The van der Waals surface area contributed by atoms with Gasteiger partial charge in [-0.25, -0.2) is 0 Å². The van der Waals surface area contributed by atoms with Crippen molar-refractivity contribution in [1.82, 2.24) is 5.32 Å². The molecule has 1 rings (SSSR count). The van der Waals surface area contributed by atoms with Crippen molar-refractivity contribution in [3.8, 4) is 11.5 Å². The summed E-state index contributed by atoms with van der Waals surface area (Å²) in [6.07, 6.45) is 2.17. The van der Waals surface area contributed by atoms with Crippen molar-refractivity contribution in [1.29, 1.82) is 0 Å². The molecule has 1 unspecified atom stereocenters. The number of halogens is 2. The van der Waals surface area contributed by atoms with Crippen LogP contribution in [0.5, 0.6) is 11.5 Å². The van der Waals surface area contributed by atoms with Gasteiger partial charge in [-0.2, -0.15) is 8.78 Å². The van der Waals surface area contributed by atoms with Gasteiger partial charge in [0.2, 0.25) is 0 Å². The molecular weight excluding hydrogens is 276 g/mol. The fourth-order valence-corrected chi connectivity index (χ4v) is 2.52. The summed E-state index contributed by atoms with van der Waals surface area (Å²) >= 11 is 0. The summed E-state index contributed by atoms with van der Waals surface area (Å²) in [5, 5.41) is 3.39. The Morgan fingerprint density at radius 1 is 1.19 bits per heavy atom. The van der Waals surface area contributed by atoms with Gasteiger partial charge in [-0.05, 0) is 18.9 Å². The van der Waals surface area contributed by atoms with E-state index >= 15 is 0 Å². The zero-order chi connectivity index (χ0) is 15.8. The van der Waals surface area contributed by atoms with Crippen LogP contribution in [0.15, 0.2) is 18.2 Å². The highest BCUT2D eigenvalue weighted by Crippen LogP contribution is 2.32. The van der Waals surface area contributed by atoms with Crippen LogP contribution in [0, 0.1) is 5.92 Å². The molecule has 1 N–H and O–H groups in total. The van der Waals surface area contributed by atoms with Crippen molar-refractivity contribution in [3.63, 3.8) is 0 Å². The molecule has 0 saturated carbocycles. The average Bonchev–Trinajstić information content (AvgIpc) is 2.46. The lowest BCUT2D eigenvalue weighted by Gasteiger charge is -2.23. The molecule has 0 fully saturated rings. The summed E-state index contributed by atoms with van der Waals surface area (Å²) in [5.41, 5.74) is 0.674. The van der Waals surface area contributed by atoms with Crippen LogP contribution in [0.3, 0.4) is 0 Å². The Hall–Kier alpha value is -1.36. The second-order valence-corrected chi connectivity index (χ2v) is 5.07. The molecule has 21 heavy (non-hydrogen) atoms. The summed E-state index contributed by atoms with van der Waals surface area (Å²) in [7, 11) is 1.44. The van der Waals surface area contributed by atoms with E-state index in [0.717, 1.165) is 12.8 Å². The molecule has 0 radical (unpaired) electrons. The molecule has 0 bridgehead atoms. The minimum Gasteiger partial charge on any atom is -0.493 e. The number of methoxy groups -OCH3 is 1. The molecule has 1 aromatic rings. The predicted molar refractivity (Wildman–Crippen MR) is 80.0 cm³/mol. The molecule has 120 valence electrons. The molecule has 0 aromatic heterocycles. The Kier molecular flexibility index (Phi) is 7.43. The van der Waals surface area contributed by atoms with Gasteiger partial charge < -0.3 is 14.8 Å². The molecule has 5 heteroatoms. The first kappa shape index (κ1) is 17.7. The maximum Gasteiger partial charge on any atom is 0.387 e. The molecule has 1 aromatic carbocycles. The van der Waals surface area contributed by atoms with Gasteiger partial charge in [-0.3, -0.25) is 0 Å². The number of nitrogens with one attached hydrogen (secondary N) is 1. The number of benzene rings is 1. The number of rotatable bonds is 9. The average molecular weight is 301 g/mol. The maximum absolute atomic E-state index is 12.6. The summed E-state index contributed by atoms with van der Waals surface area (Å²) in [4.78, 5) is 0. The molecule has 0 amide bonds. The first-order chi connectivity index (χ1) is 10.0. The van der Waals surface area contributed by atoms with Crippen LogP contribution in [0.2, 0.25) is 0 Å². The largest absolute Gasteiger partial charge is 0.493 e. The molecule has 0 heterocycles. The molecule has 0 saturated heterocycles. The molecule has 0 spiro atoms. The Morgan fingerprint density at radius 3 is 2.38 bits per heavy atom. The van der Waals surface area contributed by atoms with Crippen molar-refractivity contribution in [2.75, 3.05) is 7.11 Å². The maximum atomic E-state index is 12.6. The smallest absolute Gasteiger partial charge is 0.387 e. The topological polar surface area (TPSA) is 30.5 Å². The molecule has 3 nitrogen and oxygen atoms in total. The van der Waals surface area contributed by atoms with Crippen molar-refractivity contribution < 1.29 is 18.3 Å². The van der Waals surface area contributed by atoms with E-state index in [1.54, 1.807) is 18.2 Å². The summed E-state index contributed by atoms with van der Waals surface area (Å²) in [6.45, 7) is 4.03. The summed E-state index contributed by atoms with van der Waals surface area (Å²) in [6, 6.07) is 5.47. The summed E-state index contributed by atoms with van der Waals surface area (Å²) < 4.78 is 34.8. The fourth-order valence-electron chi connectivity index (χ4n) is 2.52. The van der Waals surface area contributed by atoms with E-state index in [2.05, 4.69) is 30.8 Å². The Bertz CT molecular complexity index is 423. The molecule has 0 aliphatic carbocycles.